The molecule has 36 heavy (non-hydrogen) atoms. The lowest BCUT2D eigenvalue weighted by atomic mass is 9.74. The second-order valence-electron chi connectivity index (χ2n) is 9.93. The lowest BCUT2D eigenvalue weighted by molar-refractivity contribution is -0.141. The highest BCUT2D eigenvalue weighted by atomic mass is 16.5. The van der Waals surface area contributed by atoms with Gasteiger partial charge in [0.25, 0.3) is 0 Å². The molecule has 3 rings (SSSR count). The van der Waals surface area contributed by atoms with E-state index in [4.69, 9.17) is 18.9 Å². The molecular formula is C29H40O7. The fourth-order valence-electron chi connectivity index (χ4n) is 5.11. The Morgan fingerprint density at radius 2 is 1.69 bits per heavy atom. The predicted molar refractivity (Wildman–Crippen MR) is 136 cm³/mol. The van der Waals surface area contributed by atoms with Gasteiger partial charge in [-0.05, 0) is 100 Å². The molecule has 1 heterocycles. The van der Waals surface area contributed by atoms with Gasteiger partial charge in [-0.25, -0.2) is 9.59 Å². The van der Waals surface area contributed by atoms with Crippen LogP contribution >= 0.6 is 0 Å². The van der Waals surface area contributed by atoms with Gasteiger partial charge in [0.15, 0.2) is 0 Å². The highest BCUT2D eigenvalue weighted by Crippen LogP contribution is 2.38. The third-order valence-electron chi connectivity index (χ3n) is 7.44. The molecule has 1 saturated heterocycles. The van der Waals surface area contributed by atoms with E-state index >= 15 is 0 Å². The van der Waals surface area contributed by atoms with Crippen LogP contribution < -0.4 is 4.74 Å². The number of carbonyl (C=O) groups excluding carboxylic acids is 3. The number of benzene rings is 1. The first-order valence-corrected chi connectivity index (χ1v) is 13.3. The first-order valence-electron chi connectivity index (χ1n) is 13.3. The Kier molecular flexibility index (Phi) is 11.0. The van der Waals surface area contributed by atoms with Crippen molar-refractivity contribution in [2.75, 3.05) is 19.8 Å². The van der Waals surface area contributed by atoms with E-state index in [1.165, 1.54) is 6.42 Å². The molecule has 0 spiro atoms. The molecule has 1 aliphatic carbocycles. The Morgan fingerprint density at radius 3 is 2.31 bits per heavy atom. The second kappa shape index (κ2) is 14.2. The van der Waals surface area contributed by atoms with Crippen LogP contribution in [0.4, 0.5) is 0 Å². The zero-order chi connectivity index (χ0) is 25.9. The largest absolute Gasteiger partial charge is 0.463 e. The maximum atomic E-state index is 12.8. The molecule has 1 aliphatic heterocycles. The van der Waals surface area contributed by atoms with Crippen molar-refractivity contribution in [3.8, 4) is 5.75 Å². The minimum absolute atomic E-state index is 0.0797. The fourth-order valence-corrected chi connectivity index (χ4v) is 5.11. The van der Waals surface area contributed by atoms with Crippen LogP contribution in [-0.2, 0) is 23.8 Å². The number of carbonyl (C=O) groups is 3. The van der Waals surface area contributed by atoms with Crippen molar-refractivity contribution in [2.45, 2.75) is 77.7 Å². The summed E-state index contributed by atoms with van der Waals surface area (Å²) in [5.41, 5.74) is 1.12. The van der Waals surface area contributed by atoms with E-state index in [1.54, 1.807) is 18.2 Å². The first kappa shape index (κ1) is 27.9. The smallest absolute Gasteiger partial charge is 0.338 e. The normalized spacial score (nSPS) is 23.9. The van der Waals surface area contributed by atoms with Gasteiger partial charge in [0.05, 0.1) is 37.4 Å². The van der Waals surface area contributed by atoms with Gasteiger partial charge in [-0.1, -0.05) is 13.5 Å². The van der Waals surface area contributed by atoms with E-state index < -0.39 is 11.9 Å². The molecule has 1 aromatic carbocycles. The molecule has 1 aromatic rings. The minimum Gasteiger partial charge on any atom is -0.463 e. The maximum absolute atomic E-state index is 12.8. The molecule has 1 saturated carbocycles. The molecule has 2 fully saturated rings. The third kappa shape index (κ3) is 8.19. The summed E-state index contributed by atoms with van der Waals surface area (Å²) in [5.74, 6) is 0.577. The molecular weight excluding hydrogens is 460 g/mol. The Morgan fingerprint density at radius 1 is 1.00 bits per heavy atom. The van der Waals surface area contributed by atoms with E-state index in [-0.39, 0.29) is 25.1 Å². The average Bonchev–Trinajstić information content (AvgIpc) is 2.91. The van der Waals surface area contributed by atoms with Crippen molar-refractivity contribution in [3.63, 3.8) is 0 Å². The molecule has 0 radical (unpaired) electrons. The van der Waals surface area contributed by atoms with Gasteiger partial charge in [0.2, 0.25) is 0 Å². The van der Waals surface area contributed by atoms with Crippen LogP contribution in [0.25, 0.3) is 0 Å². The highest BCUT2D eigenvalue weighted by Gasteiger charge is 2.34. The molecule has 2 unspecified atom stereocenters. The topological polar surface area (TPSA) is 88.1 Å². The van der Waals surface area contributed by atoms with Crippen LogP contribution in [0.15, 0.2) is 30.9 Å². The van der Waals surface area contributed by atoms with Crippen LogP contribution in [0, 0.1) is 24.7 Å². The van der Waals surface area contributed by atoms with E-state index in [1.807, 2.05) is 6.92 Å². The van der Waals surface area contributed by atoms with Gasteiger partial charge in [-0.3, -0.25) is 4.79 Å². The molecule has 0 N–H and O–H groups in total. The van der Waals surface area contributed by atoms with Gasteiger partial charge in [-0.2, -0.15) is 0 Å². The lowest BCUT2D eigenvalue weighted by Crippen LogP contribution is -2.34. The second-order valence-corrected chi connectivity index (χ2v) is 9.93. The summed E-state index contributed by atoms with van der Waals surface area (Å²) in [6.07, 6.45) is 9.99. The molecule has 7 heteroatoms. The standard InChI is InChI=1S/C29H40O7/c1-4-25-14-12-24(19-35-25)21-8-10-22(11-9-21)29(32)36-26-15-13-23(18-20(26)3)28(31)34-17-7-6-16-33-27(30)5-2/h5,13,15,18,21-22,24-25H,2,4,6-12,14,16-17,19H2,1,3H3. The van der Waals surface area contributed by atoms with Gasteiger partial charge in [0.1, 0.15) is 5.75 Å². The number of hydrogen-bond donors (Lipinski definition) is 0. The Balaban J connectivity index is 1.39. The van der Waals surface area contributed by atoms with Crippen LogP contribution in [0.1, 0.15) is 80.6 Å². The zero-order valence-electron chi connectivity index (χ0n) is 21.7. The number of unbranched alkanes of at least 4 members (excludes halogenated alkanes) is 1. The van der Waals surface area contributed by atoms with Crippen molar-refractivity contribution in [1.29, 1.82) is 0 Å². The fraction of sp³-hybridized carbons (Fsp3) is 0.621. The molecule has 7 nitrogen and oxygen atoms in total. The van der Waals surface area contributed by atoms with Crippen molar-refractivity contribution < 1.29 is 33.3 Å². The summed E-state index contributed by atoms with van der Waals surface area (Å²) >= 11 is 0. The zero-order valence-corrected chi connectivity index (χ0v) is 21.7. The Labute approximate surface area is 214 Å². The monoisotopic (exact) mass is 500 g/mol. The summed E-state index contributed by atoms with van der Waals surface area (Å²) in [6.45, 7) is 8.68. The molecule has 2 aliphatic rings. The van der Waals surface area contributed by atoms with Crippen molar-refractivity contribution >= 4 is 17.9 Å². The maximum Gasteiger partial charge on any atom is 0.338 e. The number of esters is 3. The van der Waals surface area contributed by atoms with E-state index in [0.717, 1.165) is 51.2 Å². The third-order valence-corrected chi connectivity index (χ3v) is 7.44. The summed E-state index contributed by atoms with van der Waals surface area (Å²) in [5, 5.41) is 0. The van der Waals surface area contributed by atoms with Gasteiger partial charge < -0.3 is 18.9 Å². The SMILES string of the molecule is C=CC(=O)OCCCCOC(=O)c1ccc(OC(=O)C2CCC(C3CCC(CC)OC3)CC2)c(C)c1. The number of rotatable bonds is 11. The number of hydrogen-bond acceptors (Lipinski definition) is 7. The molecule has 2 atom stereocenters. The first-order chi connectivity index (χ1) is 17.4. The molecule has 198 valence electrons. The summed E-state index contributed by atoms with van der Waals surface area (Å²) in [6, 6.07) is 4.96. The van der Waals surface area contributed by atoms with Gasteiger partial charge in [-0.15, -0.1) is 0 Å². The van der Waals surface area contributed by atoms with Crippen LogP contribution in [-0.4, -0.2) is 43.8 Å². The van der Waals surface area contributed by atoms with Crippen LogP contribution in [0.5, 0.6) is 5.75 Å². The molecule has 0 amide bonds. The number of ether oxygens (including phenoxy) is 4. The van der Waals surface area contributed by atoms with Crippen LogP contribution in [0.2, 0.25) is 0 Å². The van der Waals surface area contributed by atoms with E-state index in [2.05, 4.69) is 13.5 Å². The number of aryl methyl sites for hydroxylation is 1. The Hall–Kier alpha value is -2.67. The van der Waals surface area contributed by atoms with E-state index in [0.29, 0.717) is 47.7 Å². The molecule has 0 bridgehead atoms. The summed E-state index contributed by atoms with van der Waals surface area (Å²) in [4.78, 5) is 36.1. The molecule has 0 aromatic heterocycles. The van der Waals surface area contributed by atoms with Gasteiger partial charge >= 0.3 is 17.9 Å². The van der Waals surface area contributed by atoms with E-state index in [9.17, 15) is 14.4 Å². The predicted octanol–water partition coefficient (Wildman–Crippen LogP) is 5.58. The quantitative estimate of drug-likeness (QED) is 0.170. The van der Waals surface area contributed by atoms with Crippen molar-refractivity contribution in [3.05, 3.63) is 42.0 Å². The summed E-state index contributed by atoms with van der Waals surface area (Å²) in [7, 11) is 0. The van der Waals surface area contributed by atoms with Crippen molar-refractivity contribution in [2.24, 2.45) is 17.8 Å². The highest BCUT2D eigenvalue weighted by molar-refractivity contribution is 5.90. The summed E-state index contributed by atoms with van der Waals surface area (Å²) < 4.78 is 21.9. The Bertz CT molecular complexity index is 893. The minimum atomic E-state index is -0.462. The lowest BCUT2D eigenvalue weighted by Gasteiger charge is -2.37. The average molecular weight is 501 g/mol. The van der Waals surface area contributed by atoms with Crippen LogP contribution in [0.3, 0.4) is 0 Å². The van der Waals surface area contributed by atoms with Gasteiger partial charge in [0, 0.05) is 6.08 Å². The van der Waals surface area contributed by atoms with Crippen molar-refractivity contribution in [1.82, 2.24) is 0 Å².